The van der Waals surface area contributed by atoms with Crippen molar-refractivity contribution < 1.29 is 9.59 Å². The summed E-state index contributed by atoms with van der Waals surface area (Å²) >= 11 is 5.96. The molecule has 0 aromatic heterocycles. The first-order chi connectivity index (χ1) is 11.3. The Hall–Kier alpha value is -2.53. The van der Waals surface area contributed by atoms with Gasteiger partial charge in [-0.25, -0.2) is 0 Å². The molecule has 3 N–H and O–H groups in total. The van der Waals surface area contributed by atoms with Gasteiger partial charge in [-0.2, -0.15) is 0 Å². The molecule has 1 atom stereocenters. The van der Waals surface area contributed by atoms with Gasteiger partial charge in [-0.1, -0.05) is 17.7 Å². The Morgan fingerprint density at radius 3 is 2.25 bits per heavy atom. The van der Waals surface area contributed by atoms with Gasteiger partial charge in [-0.3, -0.25) is 9.59 Å². The average molecular weight is 346 g/mol. The Bertz CT molecular complexity index is 744. The summed E-state index contributed by atoms with van der Waals surface area (Å²) in [6, 6.07) is 12.1. The van der Waals surface area contributed by atoms with E-state index < -0.39 is 6.04 Å². The SMILES string of the molecule is CC(=O)Nc1ccc(NC(C)C(=O)Nc2cc(Cl)ccc2C)cc1. The second kappa shape index (κ2) is 7.84. The number of amides is 2. The fraction of sp³-hybridized carbons (Fsp3) is 0.222. The van der Waals surface area contributed by atoms with Crippen LogP contribution in [0.4, 0.5) is 17.1 Å². The van der Waals surface area contributed by atoms with Crippen LogP contribution >= 0.6 is 11.6 Å². The van der Waals surface area contributed by atoms with E-state index >= 15 is 0 Å². The molecular weight excluding hydrogens is 326 g/mol. The summed E-state index contributed by atoms with van der Waals surface area (Å²) in [6.07, 6.45) is 0. The zero-order valence-electron chi connectivity index (χ0n) is 13.8. The van der Waals surface area contributed by atoms with E-state index in [1.54, 1.807) is 43.3 Å². The second-order valence-electron chi connectivity index (χ2n) is 5.57. The smallest absolute Gasteiger partial charge is 0.246 e. The number of carbonyl (C=O) groups excluding carboxylic acids is 2. The van der Waals surface area contributed by atoms with E-state index in [9.17, 15) is 9.59 Å². The Balaban J connectivity index is 1.98. The average Bonchev–Trinajstić information content (AvgIpc) is 2.52. The molecule has 24 heavy (non-hydrogen) atoms. The monoisotopic (exact) mass is 345 g/mol. The molecule has 0 radical (unpaired) electrons. The second-order valence-corrected chi connectivity index (χ2v) is 6.01. The Morgan fingerprint density at radius 2 is 1.62 bits per heavy atom. The molecule has 0 aliphatic carbocycles. The van der Waals surface area contributed by atoms with Crippen molar-refractivity contribution >= 4 is 40.5 Å². The highest BCUT2D eigenvalue weighted by molar-refractivity contribution is 6.31. The minimum atomic E-state index is -0.435. The summed E-state index contributed by atoms with van der Waals surface area (Å²) in [7, 11) is 0. The van der Waals surface area contributed by atoms with Gasteiger partial charge >= 0.3 is 0 Å². The van der Waals surface area contributed by atoms with Gasteiger partial charge in [0.05, 0.1) is 0 Å². The first-order valence-corrected chi connectivity index (χ1v) is 7.94. The molecular formula is C18H20ClN3O2. The molecule has 0 saturated heterocycles. The van der Waals surface area contributed by atoms with Crippen molar-refractivity contribution in [2.45, 2.75) is 26.8 Å². The van der Waals surface area contributed by atoms with Gasteiger partial charge in [-0.15, -0.1) is 0 Å². The van der Waals surface area contributed by atoms with Crippen LogP contribution in [0.1, 0.15) is 19.4 Å². The van der Waals surface area contributed by atoms with Gasteiger partial charge in [0.25, 0.3) is 0 Å². The molecule has 2 rings (SSSR count). The number of benzene rings is 2. The number of halogens is 1. The lowest BCUT2D eigenvalue weighted by Gasteiger charge is -2.17. The van der Waals surface area contributed by atoms with Gasteiger partial charge in [-0.05, 0) is 55.8 Å². The predicted octanol–water partition coefficient (Wildman–Crippen LogP) is 4.05. The molecule has 0 heterocycles. The Kier molecular flexibility index (Phi) is 5.82. The maximum atomic E-state index is 12.3. The summed E-state index contributed by atoms with van der Waals surface area (Å²) in [4.78, 5) is 23.3. The van der Waals surface area contributed by atoms with Crippen molar-refractivity contribution in [1.29, 1.82) is 0 Å². The molecule has 0 aliphatic rings. The van der Waals surface area contributed by atoms with Gasteiger partial charge in [0.15, 0.2) is 0 Å². The number of nitrogens with one attached hydrogen (secondary N) is 3. The van der Waals surface area contributed by atoms with Gasteiger partial charge < -0.3 is 16.0 Å². The minimum absolute atomic E-state index is 0.125. The van der Waals surface area contributed by atoms with Crippen LogP contribution in [0.25, 0.3) is 0 Å². The fourth-order valence-corrected chi connectivity index (χ4v) is 2.31. The Labute approximate surface area is 146 Å². The van der Waals surface area contributed by atoms with Crippen LogP contribution in [-0.2, 0) is 9.59 Å². The Morgan fingerprint density at radius 1 is 1.00 bits per heavy atom. The summed E-state index contributed by atoms with van der Waals surface area (Å²) in [5.41, 5.74) is 3.14. The highest BCUT2D eigenvalue weighted by Crippen LogP contribution is 2.21. The topological polar surface area (TPSA) is 70.2 Å². The standard InChI is InChI=1S/C18H20ClN3O2/c1-11-4-5-14(19)10-17(11)22-18(24)12(2)20-15-6-8-16(9-7-15)21-13(3)23/h4-10,12,20H,1-3H3,(H,21,23)(H,22,24). The molecule has 1 unspecified atom stereocenters. The molecule has 0 fully saturated rings. The highest BCUT2D eigenvalue weighted by atomic mass is 35.5. The molecule has 2 amide bonds. The lowest BCUT2D eigenvalue weighted by atomic mass is 10.2. The minimum Gasteiger partial charge on any atom is -0.374 e. The highest BCUT2D eigenvalue weighted by Gasteiger charge is 2.14. The van der Waals surface area contributed by atoms with E-state index in [0.29, 0.717) is 16.4 Å². The first-order valence-electron chi connectivity index (χ1n) is 7.56. The molecule has 5 nitrogen and oxygen atoms in total. The van der Waals surface area contributed by atoms with E-state index in [1.807, 2.05) is 13.0 Å². The molecule has 126 valence electrons. The maximum Gasteiger partial charge on any atom is 0.246 e. The van der Waals surface area contributed by atoms with E-state index in [1.165, 1.54) is 6.92 Å². The van der Waals surface area contributed by atoms with Crippen LogP contribution < -0.4 is 16.0 Å². The van der Waals surface area contributed by atoms with Crippen LogP contribution in [-0.4, -0.2) is 17.9 Å². The lowest BCUT2D eigenvalue weighted by molar-refractivity contribution is -0.116. The van der Waals surface area contributed by atoms with Gasteiger partial charge in [0.2, 0.25) is 11.8 Å². The van der Waals surface area contributed by atoms with Crippen LogP contribution in [0.2, 0.25) is 5.02 Å². The van der Waals surface area contributed by atoms with Crippen molar-refractivity contribution in [3.8, 4) is 0 Å². The molecule has 0 saturated carbocycles. The van der Waals surface area contributed by atoms with E-state index in [-0.39, 0.29) is 11.8 Å². The van der Waals surface area contributed by atoms with E-state index in [2.05, 4.69) is 16.0 Å². The first kappa shape index (κ1) is 17.8. The molecule has 0 spiro atoms. The summed E-state index contributed by atoms with van der Waals surface area (Å²) in [6.45, 7) is 5.14. The van der Waals surface area contributed by atoms with E-state index in [0.717, 1.165) is 11.3 Å². The van der Waals surface area contributed by atoms with Crippen LogP contribution in [0, 0.1) is 6.92 Å². The van der Waals surface area contributed by atoms with Crippen molar-refractivity contribution in [3.63, 3.8) is 0 Å². The number of hydrogen-bond acceptors (Lipinski definition) is 3. The molecule has 0 bridgehead atoms. The van der Waals surface area contributed by atoms with Crippen LogP contribution in [0.15, 0.2) is 42.5 Å². The third-order valence-electron chi connectivity index (χ3n) is 3.44. The molecule has 2 aromatic rings. The van der Waals surface area contributed by atoms with Crippen molar-refractivity contribution in [1.82, 2.24) is 0 Å². The van der Waals surface area contributed by atoms with Gasteiger partial charge in [0.1, 0.15) is 6.04 Å². The summed E-state index contributed by atoms with van der Waals surface area (Å²) in [5, 5.41) is 9.25. The number of aryl methyl sites for hydroxylation is 1. The quantitative estimate of drug-likeness (QED) is 0.765. The predicted molar refractivity (Wildman–Crippen MR) is 98.6 cm³/mol. The normalized spacial score (nSPS) is 11.5. The number of rotatable bonds is 5. The van der Waals surface area contributed by atoms with Gasteiger partial charge in [0, 0.05) is 29.0 Å². The van der Waals surface area contributed by atoms with Crippen LogP contribution in [0.3, 0.4) is 0 Å². The molecule has 6 heteroatoms. The summed E-state index contributed by atoms with van der Waals surface area (Å²) in [5.74, 6) is -0.286. The van der Waals surface area contributed by atoms with Crippen molar-refractivity contribution in [2.24, 2.45) is 0 Å². The largest absolute Gasteiger partial charge is 0.374 e. The molecule has 2 aromatic carbocycles. The maximum absolute atomic E-state index is 12.3. The number of hydrogen-bond donors (Lipinski definition) is 3. The fourth-order valence-electron chi connectivity index (χ4n) is 2.14. The number of carbonyl (C=O) groups is 2. The third-order valence-corrected chi connectivity index (χ3v) is 3.67. The third kappa shape index (κ3) is 4.99. The summed E-state index contributed by atoms with van der Waals surface area (Å²) < 4.78 is 0. The zero-order valence-corrected chi connectivity index (χ0v) is 14.6. The van der Waals surface area contributed by atoms with Crippen molar-refractivity contribution in [2.75, 3.05) is 16.0 Å². The zero-order chi connectivity index (χ0) is 17.7. The van der Waals surface area contributed by atoms with Crippen molar-refractivity contribution in [3.05, 3.63) is 53.1 Å². The molecule has 0 aliphatic heterocycles. The lowest BCUT2D eigenvalue weighted by Crippen LogP contribution is -2.32. The number of anilines is 3. The van der Waals surface area contributed by atoms with Crippen LogP contribution in [0.5, 0.6) is 0 Å². The van der Waals surface area contributed by atoms with E-state index in [4.69, 9.17) is 11.6 Å².